The standard InChI is InChI=1S/C12H13N5O5S/c1-6-4-9(16-20-6)12-14-10(22-17-12)5-13-23(18,19)11-7(2)15-21-8(11)3/h4,13H,5H2,1-3H3. The molecule has 0 spiro atoms. The lowest BCUT2D eigenvalue weighted by atomic mass is 10.4. The van der Waals surface area contributed by atoms with Crippen LogP contribution in [0.4, 0.5) is 0 Å². The van der Waals surface area contributed by atoms with Gasteiger partial charge in [0, 0.05) is 6.07 Å². The van der Waals surface area contributed by atoms with Crippen LogP contribution in [-0.2, 0) is 16.6 Å². The molecule has 0 saturated carbocycles. The third-order valence-electron chi connectivity index (χ3n) is 2.98. The van der Waals surface area contributed by atoms with E-state index in [-0.39, 0.29) is 34.6 Å². The summed E-state index contributed by atoms with van der Waals surface area (Å²) in [7, 11) is -3.80. The van der Waals surface area contributed by atoms with Crippen LogP contribution in [0.2, 0.25) is 0 Å². The maximum absolute atomic E-state index is 12.3. The summed E-state index contributed by atoms with van der Waals surface area (Å²) in [6, 6.07) is 1.64. The fourth-order valence-electron chi connectivity index (χ4n) is 1.99. The summed E-state index contributed by atoms with van der Waals surface area (Å²) in [5.41, 5.74) is 0.686. The summed E-state index contributed by atoms with van der Waals surface area (Å²) in [6.45, 7) is 4.63. The Morgan fingerprint density at radius 1 is 1.09 bits per heavy atom. The van der Waals surface area contributed by atoms with Gasteiger partial charge in [0.1, 0.15) is 16.3 Å². The molecule has 23 heavy (non-hydrogen) atoms. The molecule has 0 aliphatic heterocycles. The molecule has 0 radical (unpaired) electrons. The Labute approximate surface area is 130 Å². The van der Waals surface area contributed by atoms with Crippen LogP contribution in [-0.4, -0.2) is 28.9 Å². The van der Waals surface area contributed by atoms with Gasteiger partial charge >= 0.3 is 0 Å². The van der Waals surface area contributed by atoms with E-state index in [1.807, 2.05) is 0 Å². The summed E-state index contributed by atoms with van der Waals surface area (Å²) in [5, 5.41) is 11.1. The average Bonchev–Trinajstić information content (AvgIpc) is 3.17. The highest BCUT2D eigenvalue weighted by Gasteiger charge is 2.24. The summed E-state index contributed by atoms with van der Waals surface area (Å²) < 4.78 is 41.7. The first-order chi connectivity index (χ1) is 10.9. The van der Waals surface area contributed by atoms with E-state index in [0.717, 1.165) is 0 Å². The quantitative estimate of drug-likeness (QED) is 0.724. The fourth-order valence-corrected chi connectivity index (χ4v) is 3.29. The molecule has 0 aliphatic rings. The number of nitrogens with one attached hydrogen (secondary N) is 1. The number of nitrogens with zero attached hydrogens (tertiary/aromatic N) is 4. The Balaban J connectivity index is 1.75. The first-order valence-electron chi connectivity index (χ1n) is 6.55. The van der Waals surface area contributed by atoms with Crippen LogP contribution < -0.4 is 4.72 Å². The first kappa shape index (κ1) is 15.4. The van der Waals surface area contributed by atoms with Crippen molar-refractivity contribution in [1.82, 2.24) is 25.2 Å². The predicted octanol–water partition coefficient (Wildman–Crippen LogP) is 1.12. The van der Waals surface area contributed by atoms with Crippen molar-refractivity contribution in [2.45, 2.75) is 32.2 Å². The van der Waals surface area contributed by atoms with Crippen molar-refractivity contribution in [3.05, 3.63) is 29.2 Å². The van der Waals surface area contributed by atoms with Crippen molar-refractivity contribution in [2.75, 3.05) is 0 Å². The molecular formula is C12H13N5O5S. The number of aryl methyl sites for hydroxylation is 3. The number of hydrogen-bond donors (Lipinski definition) is 1. The Hall–Kier alpha value is -2.53. The molecule has 0 aromatic carbocycles. The number of rotatable bonds is 5. The van der Waals surface area contributed by atoms with E-state index in [1.165, 1.54) is 6.92 Å². The van der Waals surface area contributed by atoms with Crippen molar-refractivity contribution in [3.8, 4) is 11.5 Å². The van der Waals surface area contributed by atoms with E-state index in [4.69, 9.17) is 13.6 Å². The van der Waals surface area contributed by atoms with Gasteiger partial charge in [0.25, 0.3) is 0 Å². The van der Waals surface area contributed by atoms with Crippen LogP contribution >= 0.6 is 0 Å². The van der Waals surface area contributed by atoms with E-state index in [1.54, 1.807) is 19.9 Å². The molecule has 3 rings (SSSR count). The van der Waals surface area contributed by atoms with Crippen molar-refractivity contribution < 1.29 is 22.0 Å². The molecule has 0 amide bonds. The van der Waals surface area contributed by atoms with E-state index >= 15 is 0 Å². The molecule has 0 atom stereocenters. The van der Waals surface area contributed by atoms with Gasteiger partial charge in [-0.15, -0.1) is 0 Å². The van der Waals surface area contributed by atoms with Crippen LogP contribution in [0.15, 0.2) is 24.5 Å². The Kier molecular flexibility index (Phi) is 3.74. The van der Waals surface area contributed by atoms with Crippen molar-refractivity contribution in [3.63, 3.8) is 0 Å². The maximum Gasteiger partial charge on any atom is 0.246 e. The van der Waals surface area contributed by atoms with Crippen molar-refractivity contribution in [2.24, 2.45) is 0 Å². The van der Waals surface area contributed by atoms with Crippen LogP contribution in [0.25, 0.3) is 11.5 Å². The largest absolute Gasteiger partial charge is 0.361 e. The van der Waals surface area contributed by atoms with Gasteiger partial charge < -0.3 is 13.6 Å². The highest BCUT2D eigenvalue weighted by Crippen LogP contribution is 2.19. The third-order valence-corrected chi connectivity index (χ3v) is 4.62. The van der Waals surface area contributed by atoms with Gasteiger partial charge in [-0.3, -0.25) is 0 Å². The normalized spacial score (nSPS) is 12.0. The molecule has 3 aromatic heterocycles. The van der Waals surface area contributed by atoms with Crippen molar-refractivity contribution >= 4 is 10.0 Å². The molecule has 0 aliphatic carbocycles. The van der Waals surface area contributed by atoms with Crippen molar-refractivity contribution in [1.29, 1.82) is 0 Å². The van der Waals surface area contributed by atoms with E-state index in [2.05, 4.69) is 25.2 Å². The summed E-state index contributed by atoms with van der Waals surface area (Å²) in [5.74, 6) is 1.12. The van der Waals surface area contributed by atoms with E-state index < -0.39 is 10.0 Å². The molecular weight excluding hydrogens is 326 g/mol. The zero-order valence-corrected chi connectivity index (χ0v) is 13.3. The number of aromatic nitrogens is 4. The van der Waals surface area contributed by atoms with E-state index in [9.17, 15) is 8.42 Å². The summed E-state index contributed by atoms with van der Waals surface area (Å²) in [4.78, 5) is 4.06. The molecule has 0 saturated heterocycles. The fraction of sp³-hybridized carbons (Fsp3) is 0.333. The molecule has 11 heteroatoms. The second-order valence-corrected chi connectivity index (χ2v) is 6.52. The van der Waals surface area contributed by atoms with Gasteiger partial charge in [-0.05, 0) is 20.8 Å². The lowest BCUT2D eigenvalue weighted by molar-refractivity contribution is 0.374. The SMILES string of the molecule is Cc1cc(-c2noc(CNS(=O)(=O)c3c(C)noc3C)n2)no1. The average molecular weight is 339 g/mol. The van der Waals surface area contributed by atoms with Gasteiger partial charge in [-0.1, -0.05) is 15.5 Å². The molecule has 10 nitrogen and oxygen atoms in total. The molecule has 1 N–H and O–H groups in total. The van der Waals surface area contributed by atoms with Gasteiger partial charge in [-0.2, -0.15) is 4.98 Å². The zero-order chi connectivity index (χ0) is 16.6. The summed E-state index contributed by atoms with van der Waals surface area (Å²) >= 11 is 0. The predicted molar refractivity (Wildman–Crippen MR) is 74.5 cm³/mol. The Morgan fingerprint density at radius 3 is 2.48 bits per heavy atom. The smallest absolute Gasteiger partial charge is 0.246 e. The minimum atomic E-state index is -3.80. The highest BCUT2D eigenvalue weighted by atomic mass is 32.2. The van der Waals surface area contributed by atoms with Crippen LogP contribution in [0.1, 0.15) is 23.1 Å². The topological polar surface area (TPSA) is 137 Å². The van der Waals surface area contributed by atoms with Gasteiger partial charge in [0.2, 0.25) is 21.7 Å². The van der Waals surface area contributed by atoms with E-state index in [0.29, 0.717) is 11.5 Å². The third kappa shape index (κ3) is 3.00. The van der Waals surface area contributed by atoms with Crippen LogP contribution in [0.5, 0.6) is 0 Å². The molecule has 3 aromatic rings. The van der Waals surface area contributed by atoms with Gasteiger partial charge in [0.15, 0.2) is 11.5 Å². The Bertz CT molecular complexity index is 919. The van der Waals surface area contributed by atoms with Crippen LogP contribution in [0.3, 0.4) is 0 Å². The minimum Gasteiger partial charge on any atom is -0.361 e. The second-order valence-electron chi connectivity index (χ2n) is 4.81. The van der Waals surface area contributed by atoms with Gasteiger partial charge in [-0.25, -0.2) is 13.1 Å². The zero-order valence-electron chi connectivity index (χ0n) is 12.5. The monoisotopic (exact) mass is 339 g/mol. The Morgan fingerprint density at radius 2 is 1.87 bits per heavy atom. The highest BCUT2D eigenvalue weighted by molar-refractivity contribution is 7.89. The molecule has 0 bridgehead atoms. The maximum atomic E-state index is 12.3. The molecule has 0 fully saturated rings. The number of sulfonamides is 1. The molecule has 0 unspecified atom stereocenters. The van der Waals surface area contributed by atoms with Crippen LogP contribution in [0, 0.1) is 20.8 Å². The lowest BCUT2D eigenvalue weighted by Gasteiger charge is -2.02. The van der Waals surface area contributed by atoms with Gasteiger partial charge in [0.05, 0.1) is 6.54 Å². The number of hydrogen-bond acceptors (Lipinski definition) is 9. The summed E-state index contributed by atoms with van der Waals surface area (Å²) in [6.07, 6.45) is 0. The minimum absolute atomic E-state index is 0.00404. The lowest BCUT2D eigenvalue weighted by Crippen LogP contribution is -2.24. The molecule has 3 heterocycles. The second kappa shape index (κ2) is 5.59. The molecule has 122 valence electrons. The first-order valence-corrected chi connectivity index (χ1v) is 8.04.